The molecule has 0 atom stereocenters. The third kappa shape index (κ3) is 3.66. The predicted molar refractivity (Wildman–Crippen MR) is 119 cm³/mol. The number of aryl methyl sites for hydroxylation is 1. The molecule has 0 radical (unpaired) electrons. The molecule has 0 saturated carbocycles. The Kier molecular flexibility index (Phi) is 5.50. The Morgan fingerprint density at radius 1 is 1.13 bits per heavy atom. The van der Waals surface area contributed by atoms with Crippen molar-refractivity contribution in [3.05, 3.63) is 69.1 Å². The van der Waals surface area contributed by atoms with E-state index in [9.17, 15) is 14.0 Å². The van der Waals surface area contributed by atoms with Gasteiger partial charge in [0.25, 0.3) is 0 Å². The Labute approximate surface area is 184 Å². The van der Waals surface area contributed by atoms with Gasteiger partial charge in [-0.15, -0.1) is 0 Å². The number of nitrogens with zero attached hydrogens (tertiary/aromatic N) is 4. The molecule has 2 heterocycles. The van der Waals surface area contributed by atoms with Gasteiger partial charge in [-0.1, -0.05) is 27.3 Å². The molecule has 0 saturated heterocycles. The Morgan fingerprint density at radius 3 is 2.53 bits per heavy atom. The summed E-state index contributed by atoms with van der Waals surface area (Å²) in [5, 5.41) is 10.9. The molecule has 0 fully saturated rings. The number of benzene rings is 2. The van der Waals surface area contributed by atoms with Crippen LogP contribution >= 0.6 is 27.3 Å². The summed E-state index contributed by atoms with van der Waals surface area (Å²) in [4.78, 5) is 11.4. The SMILES string of the molecule is CCN(c1nc(-c2ccc(F)cc2)c(C#N)s1)c1cc(C)nc2c(F)cc(Br)cc12. The first-order chi connectivity index (χ1) is 14.4. The number of fused-ring (bicyclic) bond motifs is 1. The average Bonchev–Trinajstić information content (AvgIpc) is 3.14. The number of rotatable bonds is 4. The van der Waals surface area contributed by atoms with Crippen LogP contribution in [0.2, 0.25) is 0 Å². The molecule has 0 unspecified atom stereocenters. The van der Waals surface area contributed by atoms with E-state index >= 15 is 0 Å². The smallest absolute Gasteiger partial charge is 0.191 e. The standard InChI is InChI=1S/C22H15BrF2N4S/c1-3-29(18-8-12(2)27-21-16(18)9-14(23)10-17(21)25)22-28-20(19(11-26)30-22)13-4-6-15(24)7-5-13/h4-10H,3H2,1-2H3. The highest BCUT2D eigenvalue weighted by Gasteiger charge is 2.21. The summed E-state index contributed by atoms with van der Waals surface area (Å²) in [6.07, 6.45) is 0. The van der Waals surface area contributed by atoms with Gasteiger partial charge in [-0.3, -0.25) is 0 Å². The Morgan fingerprint density at radius 2 is 1.87 bits per heavy atom. The number of thiazole rings is 1. The molecule has 2 aromatic heterocycles. The van der Waals surface area contributed by atoms with Crippen molar-refractivity contribution < 1.29 is 8.78 Å². The Balaban J connectivity index is 1.90. The average molecular weight is 485 g/mol. The monoisotopic (exact) mass is 484 g/mol. The van der Waals surface area contributed by atoms with Gasteiger partial charge in [-0.2, -0.15) is 5.26 Å². The summed E-state index contributed by atoms with van der Waals surface area (Å²) in [5.41, 5.74) is 2.87. The number of halogens is 3. The highest BCUT2D eigenvalue weighted by atomic mass is 79.9. The molecule has 4 nitrogen and oxygen atoms in total. The molecule has 0 bridgehead atoms. The van der Waals surface area contributed by atoms with Crippen molar-refractivity contribution in [2.75, 3.05) is 11.4 Å². The maximum absolute atomic E-state index is 14.6. The molecule has 0 N–H and O–H groups in total. The zero-order valence-corrected chi connectivity index (χ0v) is 18.5. The van der Waals surface area contributed by atoms with Crippen LogP contribution in [-0.2, 0) is 0 Å². The summed E-state index contributed by atoms with van der Waals surface area (Å²) in [7, 11) is 0. The van der Waals surface area contributed by atoms with Crippen LogP contribution in [0.1, 0.15) is 17.5 Å². The molecular formula is C22H15BrF2N4S. The number of anilines is 2. The summed E-state index contributed by atoms with van der Waals surface area (Å²) in [5.74, 6) is -0.765. The van der Waals surface area contributed by atoms with Crippen molar-refractivity contribution in [1.82, 2.24) is 9.97 Å². The van der Waals surface area contributed by atoms with Crippen LogP contribution in [0.3, 0.4) is 0 Å². The molecule has 30 heavy (non-hydrogen) atoms. The largest absolute Gasteiger partial charge is 0.317 e. The van der Waals surface area contributed by atoms with Gasteiger partial charge < -0.3 is 4.90 Å². The zero-order valence-electron chi connectivity index (χ0n) is 16.1. The second kappa shape index (κ2) is 8.09. The lowest BCUT2D eigenvalue weighted by Crippen LogP contribution is -2.17. The highest BCUT2D eigenvalue weighted by molar-refractivity contribution is 9.10. The van der Waals surface area contributed by atoms with Crippen LogP contribution in [0.4, 0.5) is 19.6 Å². The van der Waals surface area contributed by atoms with Crippen molar-refractivity contribution in [3.8, 4) is 17.3 Å². The van der Waals surface area contributed by atoms with Gasteiger partial charge in [0.2, 0.25) is 0 Å². The number of hydrogen-bond donors (Lipinski definition) is 0. The number of aromatic nitrogens is 2. The Hall–Kier alpha value is -2.89. The van der Waals surface area contributed by atoms with Gasteiger partial charge in [-0.25, -0.2) is 18.7 Å². The minimum absolute atomic E-state index is 0.280. The number of pyridine rings is 1. The van der Waals surface area contributed by atoms with E-state index in [2.05, 4.69) is 32.0 Å². The lowest BCUT2D eigenvalue weighted by molar-refractivity contribution is 0.628. The van der Waals surface area contributed by atoms with Crippen LogP contribution in [0.25, 0.3) is 22.2 Å². The zero-order chi connectivity index (χ0) is 21.4. The van der Waals surface area contributed by atoms with Crippen LogP contribution in [0.15, 0.2) is 46.9 Å². The molecule has 0 aliphatic rings. The number of hydrogen-bond acceptors (Lipinski definition) is 5. The first-order valence-electron chi connectivity index (χ1n) is 9.12. The van der Waals surface area contributed by atoms with E-state index < -0.39 is 5.82 Å². The van der Waals surface area contributed by atoms with Crippen molar-refractivity contribution in [1.29, 1.82) is 5.26 Å². The third-order valence-corrected chi connectivity index (χ3v) is 6.05. The van der Waals surface area contributed by atoms with Gasteiger partial charge >= 0.3 is 0 Å². The lowest BCUT2D eigenvalue weighted by atomic mass is 10.1. The van der Waals surface area contributed by atoms with Gasteiger partial charge in [0, 0.05) is 27.7 Å². The van der Waals surface area contributed by atoms with Gasteiger partial charge in [0.1, 0.15) is 28.0 Å². The lowest BCUT2D eigenvalue weighted by Gasteiger charge is -2.22. The molecule has 8 heteroatoms. The minimum Gasteiger partial charge on any atom is -0.317 e. The number of nitriles is 1. The minimum atomic E-state index is -0.413. The van der Waals surface area contributed by atoms with E-state index in [1.54, 1.807) is 12.1 Å². The quantitative estimate of drug-likeness (QED) is 0.321. The predicted octanol–water partition coefficient (Wildman–Crippen LogP) is 6.74. The van der Waals surface area contributed by atoms with Crippen molar-refractivity contribution in [3.63, 3.8) is 0 Å². The van der Waals surface area contributed by atoms with Crippen LogP contribution in [0.5, 0.6) is 0 Å². The van der Waals surface area contributed by atoms with E-state index in [4.69, 9.17) is 0 Å². The normalized spacial score (nSPS) is 10.9. The fourth-order valence-electron chi connectivity index (χ4n) is 3.29. The van der Waals surface area contributed by atoms with E-state index in [0.717, 1.165) is 5.69 Å². The van der Waals surface area contributed by atoms with Crippen LogP contribution in [-0.4, -0.2) is 16.5 Å². The molecule has 0 spiro atoms. The highest BCUT2D eigenvalue weighted by Crippen LogP contribution is 2.39. The van der Waals surface area contributed by atoms with Crippen LogP contribution in [0, 0.1) is 29.9 Å². The maximum Gasteiger partial charge on any atom is 0.191 e. The molecule has 150 valence electrons. The summed E-state index contributed by atoms with van der Waals surface area (Å²) in [6, 6.07) is 13.2. The van der Waals surface area contributed by atoms with E-state index in [1.165, 1.54) is 29.5 Å². The molecule has 0 amide bonds. The molecule has 4 rings (SSSR count). The maximum atomic E-state index is 14.6. The molecule has 2 aromatic carbocycles. The molecule has 0 aliphatic heterocycles. The van der Waals surface area contributed by atoms with Gasteiger partial charge in [0.05, 0.1) is 5.69 Å². The fourth-order valence-corrected chi connectivity index (χ4v) is 4.69. The van der Waals surface area contributed by atoms with Crippen LogP contribution < -0.4 is 4.90 Å². The second-order valence-electron chi connectivity index (χ2n) is 6.60. The fraction of sp³-hybridized carbons (Fsp3) is 0.136. The van der Waals surface area contributed by atoms with Gasteiger partial charge in [-0.05, 0) is 56.3 Å². The molecule has 0 aliphatic carbocycles. The topological polar surface area (TPSA) is 52.8 Å². The van der Waals surface area contributed by atoms with Crippen molar-refractivity contribution in [2.24, 2.45) is 0 Å². The van der Waals surface area contributed by atoms with Crippen molar-refractivity contribution in [2.45, 2.75) is 13.8 Å². The van der Waals surface area contributed by atoms with Gasteiger partial charge in [0.15, 0.2) is 10.9 Å². The van der Waals surface area contributed by atoms with E-state index in [1.807, 2.05) is 30.9 Å². The van der Waals surface area contributed by atoms with E-state index in [-0.39, 0.29) is 11.3 Å². The van der Waals surface area contributed by atoms with E-state index in [0.29, 0.717) is 43.4 Å². The summed E-state index contributed by atoms with van der Waals surface area (Å²) in [6.45, 7) is 4.32. The summed E-state index contributed by atoms with van der Waals surface area (Å²) >= 11 is 4.60. The molecular weight excluding hydrogens is 470 g/mol. The first kappa shape index (κ1) is 20.4. The third-order valence-electron chi connectivity index (χ3n) is 4.61. The second-order valence-corrected chi connectivity index (χ2v) is 8.50. The first-order valence-corrected chi connectivity index (χ1v) is 10.7. The Bertz CT molecular complexity index is 1300. The molecule has 4 aromatic rings. The van der Waals surface area contributed by atoms with Crippen molar-refractivity contribution >= 4 is 49.0 Å². The summed E-state index contributed by atoms with van der Waals surface area (Å²) < 4.78 is 28.5.